The molecule has 0 radical (unpaired) electrons. The van der Waals surface area contributed by atoms with Crippen molar-refractivity contribution in [2.45, 2.75) is 32.7 Å². The zero-order valence-electron chi connectivity index (χ0n) is 10.2. The van der Waals surface area contributed by atoms with Gasteiger partial charge in [-0.3, -0.25) is 0 Å². The van der Waals surface area contributed by atoms with Gasteiger partial charge in [-0.1, -0.05) is 31.5 Å². The van der Waals surface area contributed by atoms with E-state index in [1.54, 1.807) is 7.11 Å². The number of halogens is 1. The molecule has 0 bridgehead atoms. The van der Waals surface area contributed by atoms with Crippen LogP contribution >= 0.6 is 11.6 Å². The maximum atomic E-state index is 6.15. The predicted molar refractivity (Wildman–Crippen MR) is 69.1 cm³/mol. The summed E-state index contributed by atoms with van der Waals surface area (Å²) >= 11 is 6.15. The predicted octanol–water partition coefficient (Wildman–Crippen LogP) is 3.26. The second-order valence-corrected chi connectivity index (χ2v) is 4.92. The van der Waals surface area contributed by atoms with Crippen molar-refractivity contribution in [1.82, 2.24) is 0 Å². The Morgan fingerprint density at radius 1 is 1.38 bits per heavy atom. The first-order valence-corrected chi connectivity index (χ1v) is 5.99. The molecule has 0 aliphatic heterocycles. The number of methoxy groups -OCH3 is 1. The normalized spacial score (nSPS) is 12.9. The van der Waals surface area contributed by atoms with E-state index in [9.17, 15) is 0 Å². The molecule has 1 aromatic carbocycles. The van der Waals surface area contributed by atoms with E-state index in [0.29, 0.717) is 5.92 Å². The Kier molecular flexibility index (Phi) is 5.10. The smallest absolute Gasteiger partial charge is 0.123 e. The zero-order valence-corrected chi connectivity index (χ0v) is 10.9. The van der Waals surface area contributed by atoms with Crippen molar-refractivity contribution in [2.75, 3.05) is 7.11 Å². The van der Waals surface area contributed by atoms with Crippen molar-refractivity contribution in [1.29, 1.82) is 0 Å². The monoisotopic (exact) mass is 241 g/mol. The summed E-state index contributed by atoms with van der Waals surface area (Å²) < 4.78 is 5.29. The van der Waals surface area contributed by atoms with Gasteiger partial charge in [0.2, 0.25) is 0 Å². The number of benzene rings is 1. The molecule has 0 fully saturated rings. The Labute approximate surface area is 103 Å². The van der Waals surface area contributed by atoms with Crippen molar-refractivity contribution < 1.29 is 4.74 Å². The summed E-state index contributed by atoms with van der Waals surface area (Å²) in [5.41, 5.74) is 7.10. The van der Waals surface area contributed by atoms with Crippen molar-refractivity contribution >= 4 is 11.6 Å². The summed E-state index contributed by atoms with van der Waals surface area (Å²) in [6.45, 7) is 4.34. The summed E-state index contributed by atoms with van der Waals surface area (Å²) in [6.07, 6.45) is 1.76. The summed E-state index contributed by atoms with van der Waals surface area (Å²) in [5.74, 6) is 1.43. The van der Waals surface area contributed by atoms with Crippen LogP contribution in [0.2, 0.25) is 5.02 Å². The largest absolute Gasteiger partial charge is 0.496 e. The molecule has 0 aliphatic rings. The highest BCUT2D eigenvalue weighted by Crippen LogP contribution is 2.27. The lowest BCUT2D eigenvalue weighted by atomic mass is 9.97. The van der Waals surface area contributed by atoms with E-state index in [1.165, 1.54) is 0 Å². The molecule has 1 aromatic rings. The highest BCUT2D eigenvalue weighted by Gasteiger charge is 2.13. The Bertz CT molecular complexity index is 339. The minimum absolute atomic E-state index is 0.133. The fourth-order valence-electron chi connectivity index (χ4n) is 1.88. The van der Waals surface area contributed by atoms with Gasteiger partial charge in [-0.25, -0.2) is 0 Å². The van der Waals surface area contributed by atoms with Gasteiger partial charge in [0.1, 0.15) is 5.75 Å². The van der Waals surface area contributed by atoms with Crippen molar-refractivity contribution in [3.63, 3.8) is 0 Å². The van der Waals surface area contributed by atoms with Gasteiger partial charge in [0.15, 0.2) is 0 Å². The minimum atomic E-state index is 0.133. The maximum absolute atomic E-state index is 6.15. The highest BCUT2D eigenvalue weighted by molar-refractivity contribution is 6.31. The van der Waals surface area contributed by atoms with E-state index >= 15 is 0 Å². The van der Waals surface area contributed by atoms with E-state index in [-0.39, 0.29) is 6.04 Å². The van der Waals surface area contributed by atoms with E-state index in [2.05, 4.69) is 13.8 Å². The third-order valence-corrected chi connectivity index (χ3v) is 2.89. The summed E-state index contributed by atoms with van der Waals surface area (Å²) in [7, 11) is 1.66. The van der Waals surface area contributed by atoms with Gasteiger partial charge in [0, 0.05) is 16.6 Å². The lowest BCUT2D eigenvalue weighted by Gasteiger charge is -2.17. The molecule has 90 valence electrons. The van der Waals surface area contributed by atoms with Crippen LogP contribution in [0.1, 0.15) is 25.8 Å². The van der Waals surface area contributed by atoms with Gasteiger partial charge < -0.3 is 10.5 Å². The average molecular weight is 242 g/mol. The van der Waals surface area contributed by atoms with Gasteiger partial charge in [0.25, 0.3) is 0 Å². The number of rotatable bonds is 5. The molecule has 0 aliphatic carbocycles. The van der Waals surface area contributed by atoms with E-state index < -0.39 is 0 Å². The Morgan fingerprint density at radius 2 is 2.06 bits per heavy atom. The fraction of sp³-hybridized carbons (Fsp3) is 0.538. The zero-order chi connectivity index (χ0) is 12.1. The van der Waals surface area contributed by atoms with Crippen LogP contribution in [0.15, 0.2) is 18.2 Å². The number of nitrogens with two attached hydrogens (primary N) is 1. The first-order chi connectivity index (χ1) is 7.54. The third kappa shape index (κ3) is 3.69. The van der Waals surface area contributed by atoms with Crippen molar-refractivity contribution in [3.8, 4) is 5.75 Å². The topological polar surface area (TPSA) is 35.2 Å². The van der Waals surface area contributed by atoms with Crippen LogP contribution in [-0.2, 0) is 6.42 Å². The number of hydrogen-bond acceptors (Lipinski definition) is 2. The van der Waals surface area contributed by atoms with Gasteiger partial charge in [0.05, 0.1) is 7.11 Å². The molecular formula is C13H20ClNO. The van der Waals surface area contributed by atoms with Crippen LogP contribution in [0.4, 0.5) is 0 Å². The summed E-state index contributed by atoms with van der Waals surface area (Å²) in [4.78, 5) is 0. The molecule has 16 heavy (non-hydrogen) atoms. The second-order valence-electron chi connectivity index (χ2n) is 4.51. The molecule has 0 saturated heterocycles. The number of hydrogen-bond donors (Lipinski definition) is 1. The molecule has 3 heteroatoms. The lowest BCUT2D eigenvalue weighted by molar-refractivity contribution is 0.405. The number of ether oxygens (including phenoxy) is 1. The Morgan fingerprint density at radius 3 is 2.62 bits per heavy atom. The molecule has 0 aromatic heterocycles. The molecule has 0 spiro atoms. The first-order valence-electron chi connectivity index (χ1n) is 5.61. The molecule has 0 amide bonds. The van der Waals surface area contributed by atoms with Crippen LogP contribution in [0, 0.1) is 5.92 Å². The van der Waals surface area contributed by atoms with Crippen molar-refractivity contribution in [3.05, 3.63) is 28.8 Å². The van der Waals surface area contributed by atoms with Gasteiger partial charge in [-0.05, 0) is 30.9 Å². The molecule has 2 nitrogen and oxygen atoms in total. The second kappa shape index (κ2) is 6.12. The van der Waals surface area contributed by atoms with E-state index in [1.807, 2.05) is 18.2 Å². The van der Waals surface area contributed by atoms with E-state index in [4.69, 9.17) is 22.1 Å². The summed E-state index contributed by atoms with van der Waals surface area (Å²) in [5, 5.41) is 0.735. The first kappa shape index (κ1) is 13.3. The lowest BCUT2D eigenvalue weighted by Crippen LogP contribution is -2.25. The van der Waals surface area contributed by atoms with Crippen LogP contribution in [0.5, 0.6) is 5.75 Å². The molecule has 1 rings (SSSR count). The Hall–Kier alpha value is -0.730. The molecule has 0 saturated carbocycles. The van der Waals surface area contributed by atoms with E-state index in [0.717, 1.165) is 29.2 Å². The third-order valence-electron chi connectivity index (χ3n) is 2.54. The van der Waals surface area contributed by atoms with Crippen LogP contribution in [0.25, 0.3) is 0 Å². The Balaban J connectivity index is 2.79. The quantitative estimate of drug-likeness (QED) is 0.859. The highest BCUT2D eigenvalue weighted by atomic mass is 35.5. The molecule has 1 atom stereocenters. The van der Waals surface area contributed by atoms with Gasteiger partial charge in [-0.2, -0.15) is 0 Å². The van der Waals surface area contributed by atoms with Gasteiger partial charge >= 0.3 is 0 Å². The molecule has 1 unspecified atom stereocenters. The molecular weight excluding hydrogens is 222 g/mol. The average Bonchev–Trinajstić information content (AvgIpc) is 2.20. The van der Waals surface area contributed by atoms with Crippen LogP contribution in [-0.4, -0.2) is 13.2 Å². The molecule has 0 heterocycles. The van der Waals surface area contributed by atoms with Crippen LogP contribution in [0.3, 0.4) is 0 Å². The maximum Gasteiger partial charge on any atom is 0.123 e. The SMILES string of the molecule is COc1cccc(Cl)c1CC(N)CC(C)C. The fourth-order valence-corrected chi connectivity index (χ4v) is 2.12. The standard InChI is InChI=1S/C13H20ClNO/c1-9(2)7-10(15)8-11-12(14)5-4-6-13(11)16-3/h4-6,9-10H,7-8,15H2,1-3H3. The van der Waals surface area contributed by atoms with Gasteiger partial charge in [-0.15, -0.1) is 0 Å². The van der Waals surface area contributed by atoms with Crippen LogP contribution < -0.4 is 10.5 Å². The molecule has 2 N–H and O–H groups in total. The van der Waals surface area contributed by atoms with Crippen molar-refractivity contribution in [2.24, 2.45) is 11.7 Å². The minimum Gasteiger partial charge on any atom is -0.496 e. The summed E-state index contributed by atoms with van der Waals surface area (Å²) in [6, 6.07) is 5.82.